The molecule has 1 saturated heterocycles. The second kappa shape index (κ2) is 10.1. The molecule has 0 amide bonds. The third-order valence-corrected chi connectivity index (χ3v) is 8.62. The minimum absolute atomic E-state index is 0.0630. The summed E-state index contributed by atoms with van der Waals surface area (Å²) in [4.78, 5) is 6.58. The summed E-state index contributed by atoms with van der Waals surface area (Å²) in [6.07, 6.45) is 7.29. The number of nitrogens with zero attached hydrogens (tertiary/aromatic N) is 2. The van der Waals surface area contributed by atoms with Gasteiger partial charge in [-0.25, -0.2) is 0 Å². The molecule has 0 spiro atoms. The molecule has 0 radical (unpaired) electrons. The van der Waals surface area contributed by atoms with Gasteiger partial charge >= 0.3 is 174 Å². The van der Waals surface area contributed by atoms with Crippen LogP contribution in [0.4, 0.5) is 0 Å². The van der Waals surface area contributed by atoms with Crippen LogP contribution in [0.1, 0.15) is 30.4 Å². The molecular formula is C23H27AsN2O2. The van der Waals surface area contributed by atoms with Gasteiger partial charge in [-0.05, 0) is 0 Å². The van der Waals surface area contributed by atoms with Gasteiger partial charge in [-0.2, -0.15) is 0 Å². The number of ether oxygens (including phenoxy) is 2. The Morgan fingerprint density at radius 1 is 1.21 bits per heavy atom. The van der Waals surface area contributed by atoms with E-state index in [0.717, 1.165) is 61.0 Å². The van der Waals surface area contributed by atoms with Crippen LogP contribution in [0.25, 0.3) is 0 Å². The van der Waals surface area contributed by atoms with Gasteiger partial charge < -0.3 is 0 Å². The van der Waals surface area contributed by atoms with E-state index >= 15 is 0 Å². The van der Waals surface area contributed by atoms with E-state index in [1.807, 2.05) is 12.1 Å². The number of aromatic nitrogens is 1. The van der Waals surface area contributed by atoms with Gasteiger partial charge in [0.1, 0.15) is 0 Å². The van der Waals surface area contributed by atoms with E-state index < -0.39 is 0 Å². The molecule has 2 heterocycles. The molecule has 0 N–H and O–H groups in total. The first-order chi connectivity index (χ1) is 13.9. The number of morpholine rings is 1. The van der Waals surface area contributed by atoms with Crippen LogP contribution in [-0.4, -0.2) is 58.5 Å². The molecule has 2 aromatic rings. The number of rotatable bonds is 7. The van der Waals surface area contributed by atoms with Crippen LogP contribution >= 0.6 is 0 Å². The molecule has 146 valence electrons. The van der Waals surface area contributed by atoms with Crippen molar-refractivity contribution in [3.8, 4) is 23.3 Å². The molecule has 4 nitrogen and oxygen atoms in total. The third kappa shape index (κ3) is 6.11. The van der Waals surface area contributed by atoms with Crippen molar-refractivity contribution >= 4 is 15.8 Å². The average Bonchev–Trinajstić information content (AvgIpc) is 3.57. The molecule has 1 unspecified atom stereocenters. The minimum atomic E-state index is 0.0630. The van der Waals surface area contributed by atoms with Crippen LogP contribution in [0.3, 0.4) is 0 Å². The van der Waals surface area contributed by atoms with Crippen LogP contribution in [0, 0.1) is 11.8 Å². The second-order valence-corrected chi connectivity index (χ2v) is 10.6. The molecular weight excluding hydrogens is 411 g/mol. The molecule has 2 aliphatic rings. The number of pyridine rings is 1. The zero-order valence-corrected chi connectivity index (χ0v) is 18.3. The van der Waals surface area contributed by atoms with Gasteiger partial charge in [0, 0.05) is 0 Å². The molecule has 1 atom stereocenters. The fourth-order valence-electron chi connectivity index (χ4n) is 3.17. The molecule has 2 fully saturated rings. The van der Waals surface area contributed by atoms with Crippen molar-refractivity contribution in [2.45, 2.75) is 29.2 Å². The molecule has 28 heavy (non-hydrogen) atoms. The molecule has 1 saturated carbocycles. The maximum atomic E-state index is 6.11. The van der Waals surface area contributed by atoms with Gasteiger partial charge in [0.2, 0.25) is 0 Å². The van der Waals surface area contributed by atoms with Crippen LogP contribution in [0.5, 0.6) is 11.5 Å². The summed E-state index contributed by atoms with van der Waals surface area (Å²) in [5, 5.41) is 1.17. The molecule has 4 rings (SSSR count). The fourth-order valence-corrected chi connectivity index (χ4v) is 6.03. The third-order valence-electron chi connectivity index (χ3n) is 4.97. The molecule has 1 aliphatic carbocycles. The summed E-state index contributed by atoms with van der Waals surface area (Å²) >= 11 is 0.0630. The first-order valence-corrected chi connectivity index (χ1v) is 12.8. The average molecular weight is 438 g/mol. The van der Waals surface area contributed by atoms with Gasteiger partial charge in [0.05, 0.1) is 0 Å². The van der Waals surface area contributed by atoms with Crippen molar-refractivity contribution in [1.82, 2.24) is 9.88 Å². The van der Waals surface area contributed by atoms with E-state index in [0.29, 0.717) is 0 Å². The van der Waals surface area contributed by atoms with E-state index in [9.17, 15) is 0 Å². The Bertz CT molecular complexity index is 821. The zero-order valence-electron chi connectivity index (χ0n) is 16.2. The molecule has 0 bridgehead atoms. The topological polar surface area (TPSA) is 34.6 Å². The molecule has 1 aromatic carbocycles. The van der Waals surface area contributed by atoms with Gasteiger partial charge in [-0.3, -0.25) is 0 Å². The van der Waals surface area contributed by atoms with Crippen molar-refractivity contribution in [3.63, 3.8) is 0 Å². The van der Waals surface area contributed by atoms with E-state index in [1.54, 1.807) is 12.4 Å². The first kappa shape index (κ1) is 19.5. The van der Waals surface area contributed by atoms with Gasteiger partial charge in [0.15, 0.2) is 0 Å². The quantitative estimate of drug-likeness (QED) is 0.490. The zero-order chi connectivity index (χ0) is 19.0. The van der Waals surface area contributed by atoms with Crippen LogP contribution in [0.2, 0.25) is 4.71 Å². The maximum absolute atomic E-state index is 6.11. The first-order valence-electron chi connectivity index (χ1n) is 10.1. The summed E-state index contributed by atoms with van der Waals surface area (Å²) in [7, 11) is 0. The Morgan fingerprint density at radius 3 is 2.89 bits per heavy atom. The second-order valence-electron chi connectivity index (χ2n) is 7.27. The molecule has 1 aromatic heterocycles. The summed E-state index contributed by atoms with van der Waals surface area (Å²) in [6, 6.07) is 10.2. The van der Waals surface area contributed by atoms with Crippen molar-refractivity contribution < 1.29 is 9.47 Å². The van der Waals surface area contributed by atoms with Gasteiger partial charge in [-0.15, -0.1) is 0 Å². The van der Waals surface area contributed by atoms with Crippen molar-refractivity contribution in [2.24, 2.45) is 0 Å². The molecule has 1 aliphatic heterocycles. The predicted molar refractivity (Wildman–Crippen MR) is 113 cm³/mol. The van der Waals surface area contributed by atoms with E-state index in [1.165, 1.54) is 23.6 Å². The van der Waals surface area contributed by atoms with Crippen LogP contribution < -0.4 is 4.74 Å². The normalized spacial score (nSPS) is 17.4. The summed E-state index contributed by atoms with van der Waals surface area (Å²) in [5.74, 6) is 8.45. The summed E-state index contributed by atoms with van der Waals surface area (Å²) in [6.45, 7) is 4.77. The van der Waals surface area contributed by atoms with Gasteiger partial charge in [0.25, 0.3) is 0 Å². The van der Waals surface area contributed by atoms with E-state index in [2.05, 4.69) is 39.9 Å². The number of hydrogen-bond donors (Lipinski definition) is 0. The predicted octanol–water partition coefficient (Wildman–Crippen LogP) is 3.47. The Balaban J connectivity index is 1.41. The number of benzene rings is 1. The van der Waals surface area contributed by atoms with Crippen LogP contribution in [-0.2, 0) is 9.95 Å². The van der Waals surface area contributed by atoms with E-state index in [4.69, 9.17) is 9.47 Å². The van der Waals surface area contributed by atoms with Crippen LogP contribution in [0.15, 0.2) is 42.7 Å². The summed E-state index contributed by atoms with van der Waals surface area (Å²) in [5.41, 5.74) is 2.40. The standard InChI is InChI=1S/C23H27AsN2O2/c1(2-11-26-12-14-27-15-13-26)4-19-6-9-23(28-22-5-3-10-25-18-22)20(16-19)17-24-21-7-8-21/h3,5-6,9-10,16,18,21,24H,2,7-8,11-15,17H2. The van der Waals surface area contributed by atoms with Crippen molar-refractivity contribution in [1.29, 1.82) is 0 Å². The Hall–Kier alpha value is -1.79. The van der Waals surface area contributed by atoms with Gasteiger partial charge in [-0.1, -0.05) is 0 Å². The Morgan fingerprint density at radius 2 is 2.11 bits per heavy atom. The molecule has 5 heteroatoms. The van der Waals surface area contributed by atoms with E-state index in [-0.39, 0.29) is 15.8 Å². The SMILES string of the molecule is C(#Cc1ccc(Oc2cccnc2)c(C[AsH]C2CC2)c1)CCN1CCOCC1. The van der Waals surface area contributed by atoms with Crippen molar-refractivity contribution in [2.75, 3.05) is 32.8 Å². The van der Waals surface area contributed by atoms with Crippen molar-refractivity contribution in [3.05, 3.63) is 53.9 Å². The Kier molecular flexibility index (Phi) is 7.06. The monoisotopic (exact) mass is 438 g/mol. The Labute approximate surface area is 174 Å². The fraction of sp³-hybridized carbons (Fsp3) is 0.435. The number of hydrogen-bond acceptors (Lipinski definition) is 4. The summed E-state index contributed by atoms with van der Waals surface area (Å²) < 4.78 is 12.5.